The van der Waals surface area contributed by atoms with Crippen molar-refractivity contribution >= 4 is 38.7 Å². The van der Waals surface area contributed by atoms with Crippen LogP contribution in [0.3, 0.4) is 0 Å². The number of carbonyl (C=O) groups is 2. The van der Waals surface area contributed by atoms with Gasteiger partial charge in [0.05, 0.1) is 34.6 Å². The lowest BCUT2D eigenvalue weighted by Gasteiger charge is -2.40. The Labute approximate surface area is 204 Å². The molecule has 1 fully saturated rings. The molecule has 0 bridgehead atoms. The van der Waals surface area contributed by atoms with Gasteiger partial charge >= 0.3 is 0 Å². The zero-order chi connectivity index (χ0) is 25.8. The molecule has 1 aromatic carbocycles. The summed E-state index contributed by atoms with van der Waals surface area (Å²) in [6.45, 7) is 5.88. The molecule has 186 valence electrons. The molecule has 2 amide bonds. The molecule has 0 spiro atoms. The topological polar surface area (TPSA) is 162 Å². The predicted octanol–water partition coefficient (Wildman–Crippen LogP) is 2.56. The molecule has 6 N–H and O–H groups in total. The molecular weight excluding hydrogens is 468 g/mol. The van der Waals surface area contributed by atoms with Gasteiger partial charge in [-0.05, 0) is 42.0 Å². The van der Waals surface area contributed by atoms with E-state index in [4.69, 9.17) is 11.5 Å². The molecule has 35 heavy (non-hydrogen) atoms. The second-order valence-electron chi connectivity index (χ2n) is 9.96. The third kappa shape index (κ3) is 4.31. The summed E-state index contributed by atoms with van der Waals surface area (Å²) < 4.78 is 27.0. The quantitative estimate of drug-likeness (QED) is 0.391. The molecule has 11 heteroatoms. The van der Waals surface area contributed by atoms with E-state index < -0.39 is 26.8 Å². The van der Waals surface area contributed by atoms with Crippen molar-refractivity contribution in [2.75, 3.05) is 16.3 Å². The number of amides is 2. The molecule has 1 aliphatic rings. The fourth-order valence-electron chi connectivity index (χ4n) is 4.87. The Morgan fingerprint density at radius 1 is 1.11 bits per heavy atom. The number of primary amides is 2. The zero-order valence-electron chi connectivity index (χ0n) is 20.1. The first kappa shape index (κ1) is 24.5. The van der Waals surface area contributed by atoms with E-state index in [1.165, 1.54) is 6.20 Å². The highest BCUT2D eigenvalue weighted by Crippen LogP contribution is 2.53. The summed E-state index contributed by atoms with van der Waals surface area (Å²) in [6.07, 6.45) is 5.66. The molecule has 2 heterocycles. The standard InChI is InChI=1S/C24H30N6O4S/c1-23(2)19(9-10-24(23,3)22(26)32)28-20-17(21(25)31)12-27-30-13-15(11-18(20)30)14-5-7-16(8-6-14)29-35(4,33)34/h5-8,11-13,19,28-29H,9-10H2,1-4H3,(H2,25,31)(H2,26,32)/t19-,24-/m1/s1. The van der Waals surface area contributed by atoms with E-state index in [-0.39, 0.29) is 17.5 Å². The predicted molar refractivity (Wildman–Crippen MR) is 135 cm³/mol. The van der Waals surface area contributed by atoms with Gasteiger partial charge in [-0.3, -0.25) is 14.3 Å². The number of fused-ring (bicyclic) bond motifs is 1. The largest absolute Gasteiger partial charge is 0.379 e. The van der Waals surface area contributed by atoms with Gasteiger partial charge in [-0.25, -0.2) is 12.9 Å². The molecule has 10 nitrogen and oxygen atoms in total. The van der Waals surface area contributed by atoms with Crippen molar-refractivity contribution in [3.63, 3.8) is 0 Å². The lowest BCUT2D eigenvalue weighted by Crippen LogP contribution is -2.48. The maximum absolute atomic E-state index is 12.3. The minimum absolute atomic E-state index is 0.135. The second-order valence-corrected chi connectivity index (χ2v) is 11.7. The van der Waals surface area contributed by atoms with Gasteiger partial charge in [0.2, 0.25) is 15.9 Å². The van der Waals surface area contributed by atoms with Crippen LogP contribution in [-0.4, -0.2) is 42.1 Å². The average Bonchev–Trinajstić information content (AvgIpc) is 3.28. The van der Waals surface area contributed by atoms with Crippen LogP contribution in [0.15, 0.2) is 42.7 Å². The number of nitrogens with two attached hydrogens (primary N) is 2. The van der Waals surface area contributed by atoms with Gasteiger partial charge in [0.1, 0.15) is 0 Å². The van der Waals surface area contributed by atoms with Crippen molar-refractivity contribution < 1.29 is 18.0 Å². The minimum Gasteiger partial charge on any atom is -0.379 e. The number of aromatic nitrogens is 2. The third-order valence-corrected chi connectivity index (χ3v) is 8.12. The molecule has 0 radical (unpaired) electrons. The van der Waals surface area contributed by atoms with Crippen molar-refractivity contribution in [1.82, 2.24) is 9.61 Å². The van der Waals surface area contributed by atoms with Gasteiger partial charge in [-0.15, -0.1) is 0 Å². The van der Waals surface area contributed by atoms with Crippen molar-refractivity contribution in [2.24, 2.45) is 22.3 Å². The smallest absolute Gasteiger partial charge is 0.252 e. The van der Waals surface area contributed by atoms with Crippen LogP contribution in [0.5, 0.6) is 0 Å². The van der Waals surface area contributed by atoms with Crippen LogP contribution in [-0.2, 0) is 14.8 Å². The van der Waals surface area contributed by atoms with Crippen LogP contribution in [0, 0.1) is 10.8 Å². The number of sulfonamides is 1. The first-order valence-electron chi connectivity index (χ1n) is 11.2. The van der Waals surface area contributed by atoms with Crippen molar-refractivity contribution in [3.05, 3.63) is 48.3 Å². The van der Waals surface area contributed by atoms with Crippen LogP contribution in [0.2, 0.25) is 0 Å². The summed E-state index contributed by atoms with van der Waals surface area (Å²) in [5, 5.41) is 7.84. The van der Waals surface area contributed by atoms with Crippen LogP contribution in [0.25, 0.3) is 16.6 Å². The number of hydrogen-bond donors (Lipinski definition) is 4. The Hall–Kier alpha value is -3.60. The molecule has 0 saturated heterocycles. The van der Waals surface area contributed by atoms with E-state index in [0.29, 0.717) is 29.7 Å². The van der Waals surface area contributed by atoms with Crippen molar-refractivity contribution in [2.45, 2.75) is 39.7 Å². The molecule has 0 aliphatic heterocycles. The molecule has 2 atom stereocenters. The van der Waals surface area contributed by atoms with E-state index in [0.717, 1.165) is 17.4 Å². The number of rotatable bonds is 7. The first-order valence-corrected chi connectivity index (χ1v) is 13.1. The molecule has 2 aromatic heterocycles. The molecule has 1 aliphatic carbocycles. The number of hydrogen-bond acceptors (Lipinski definition) is 6. The Morgan fingerprint density at radius 3 is 2.31 bits per heavy atom. The number of nitrogens with zero attached hydrogens (tertiary/aromatic N) is 2. The maximum Gasteiger partial charge on any atom is 0.252 e. The van der Waals surface area contributed by atoms with E-state index in [2.05, 4.69) is 15.1 Å². The summed E-state index contributed by atoms with van der Waals surface area (Å²) in [5.74, 6) is -0.962. The SMILES string of the molecule is CC1(C)[C@H](Nc2c(C(N)=O)cnn3cc(-c4ccc(NS(C)(=O)=O)cc4)cc23)CC[C@]1(C)C(N)=O. The number of nitrogens with one attached hydrogen (secondary N) is 2. The van der Waals surface area contributed by atoms with Crippen molar-refractivity contribution in [1.29, 1.82) is 0 Å². The maximum atomic E-state index is 12.3. The number of benzene rings is 1. The van der Waals surface area contributed by atoms with Crippen LogP contribution < -0.4 is 21.5 Å². The molecule has 4 rings (SSSR count). The lowest BCUT2D eigenvalue weighted by molar-refractivity contribution is -0.131. The Balaban J connectivity index is 1.75. The fourth-order valence-corrected chi connectivity index (χ4v) is 5.43. The molecule has 3 aromatic rings. The highest BCUT2D eigenvalue weighted by molar-refractivity contribution is 7.92. The summed E-state index contributed by atoms with van der Waals surface area (Å²) in [5.41, 5.74) is 13.8. The van der Waals surface area contributed by atoms with Gasteiger partial charge in [-0.1, -0.05) is 32.9 Å². The monoisotopic (exact) mass is 498 g/mol. The first-order chi connectivity index (χ1) is 16.2. The van der Waals surface area contributed by atoms with Gasteiger partial charge in [0.25, 0.3) is 5.91 Å². The lowest BCUT2D eigenvalue weighted by atomic mass is 9.67. The number of anilines is 2. The number of carbonyl (C=O) groups excluding carboxylic acids is 2. The summed E-state index contributed by atoms with van der Waals surface area (Å²) in [6, 6.07) is 8.68. The van der Waals surface area contributed by atoms with Gasteiger partial charge in [0.15, 0.2) is 0 Å². The Morgan fingerprint density at radius 2 is 1.77 bits per heavy atom. The van der Waals surface area contributed by atoms with Crippen LogP contribution >= 0.6 is 0 Å². The molecule has 0 unspecified atom stereocenters. The van der Waals surface area contributed by atoms with E-state index in [1.54, 1.807) is 28.8 Å². The van der Waals surface area contributed by atoms with Gasteiger partial charge in [-0.2, -0.15) is 5.10 Å². The Bertz CT molecular complexity index is 1430. The van der Waals surface area contributed by atoms with Crippen LogP contribution in [0.1, 0.15) is 44.0 Å². The normalized spacial score (nSPS) is 21.7. The highest BCUT2D eigenvalue weighted by Gasteiger charge is 2.55. The second kappa shape index (κ2) is 8.26. The molecular formula is C24H30N6O4S. The highest BCUT2D eigenvalue weighted by atomic mass is 32.2. The minimum atomic E-state index is -3.37. The summed E-state index contributed by atoms with van der Waals surface area (Å²) >= 11 is 0. The molecule has 1 saturated carbocycles. The average molecular weight is 499 g/mol. The summed E-state index contributed by atoms with van der Waals surface area (Å²) in [7, 11) is -3.37. The van der Waals surface area contributed by atoms with E-state index in [1.807, 2.05) is 33.0 Å². The van der Waals surface area contributed by atoms with E-state index in [9.17, 15) is 18.0 Å². The van der Waals surface area contributed by atoms with Gasteiger partial charge in [0, 0.05) is 23.5 Å². The van der Waals surface area contributed by atoms with Crippen molar-refractivity contribution in [3.8, 4) is 11.1 Å². The van der Waals surface area contributed by atoms with Gasteiger partial charge < -0.3 is 16.8 Å². The third-order valence-electron chi connectivity index (χ3n) is 7.51. The Kier molecular flexibility index (Phi) is 5.79. The zero-order valence-corrected chi connectivity index (χ0v) is 20.9. The fraction of sp³-hybridized carbons (Fsp3) is 0.375. The van der Waals surface area contributed by atoms with Crippen LogP contribution in [0.4, 0.5) is 11.4 Å². The van der Waals surface area contributed by atoms with E-state index >= 15 is 0 Å². The summed E-state index contributed by atoms with van der Waals surface area (Å²) in [4.78, 5) is 24.5.